The molecule has 1 N–H and O–H groups in total. The van der Waals surface area contributed by atoms with E-state index in [0.717, 1.165) is 30.0 Å². The van der Waals surface area contributed by atoms with Gasteiger partial charge in [0.1, 0.15) is 11.5 Å². The van der Waals surface area contributed by atoms with E-state index >= 15 is 0 Å². The van der Waals surface area contributed by atoms with Crippen LogP contribution in [0.1, 0.15) is 31.4 Å². The number of amides is 1. The molecule has 0 spiro atoms. The van der Waals surface area contributed by atoms with E-state index in [4.69, 9.17) is 9.47 Å². The Morgan fingerprint density at radius 1 is 1.04 bits per heavy atom. The molecule has 0 bridgehead atoms. The van der Waals surface area contributed by atoms with E-state index in [1.165, 1.54) is 17.5 Å². The number of hydrogen-bond acceptors (Lipinski definition) is 3. The maximum Gasteiger partial charge on any atom is 0.262 e. The molecule has 4 nitrogen and oxygen atoms in total. The Hall–Kier alpha value is -2.49. The highest BCUT2D eigenvalue weighted by atomic mass is 16.5. The second-order valence-electron chi connectivity index (χ2n) is 6.31. The first-order chi connectivity index (χ1) is 11.6. The third-order valence-corrected chi connectivity index (χ3v) is 3.95. The number of benzene rings is 2. The van der Waals surface area contributed by atoms with E-state index in [1.807, 2.05) is 50.2 Å². The van der Waals surface area contributed by atoms with Crippen molar-refractivity contribution in [2.75, 3.05) is 11.9 Å². The van der Waals surface area contributed by atoms with Crippen LogP contribution in [0, 0.1) is 0 Å². The summed E-state index contributed by atoms with van der Waals surface area (Å²) in [5.41, 5.74) is 3.47. The van der Waals surface area contributed by atoms with E-state index in [0.29, 0.717) is 0 Å². The Kier molecular flexibility index (Phi) is 5.04. The molecule has 0 saturated carbocycles. The van der Waals surface area contributed by atoms with Crippen molar-refractivity contribution in [3.8, 4) is 11.5 Å². The summed E-state index contributed by atoms with van der Waals surface area (Å²) in [5.74, 6) is 1.37. The molecule has 24 heavy (non-hydrogen) atoms. The van der Waals surface area contributed by atoms with Gasteiger partial charge in [-0.15, -0.1) is 0 Å². The molecule has 1 aliphatic carbocycles. The number of fused-ring (bicyclic) bond motifs is 1. The number of aryl methyl sites for hydroxylation is 2. The lowest BCUT2D eigenvalue weighted by atomic mass is 10.1. The minimum Gasteiger partial charge on any atom is -0.491 e. The van der Waals surface area contributed by atoms with Gasteiger partial charge in [-0.2, -0.15) is 0 Å². The molecule has 0 saturated heterocycles. The summed E-state index contributed by atoms with van der Waals surface area (Å²) in [7, 11) is 0. The fourth-order valence-corrected chi connectivity index (χ4v) is 2.87. The predicted molar refractivity (Wildman–Crippen MR) is 94.8 cm³/mol. The summed E-state index contributed by atoms with van der Waals surface area (Å²) in [4.78, 5) is 12.0. The molecule has 0 atom stereocenters. The summed E-state index contributed by atoms with van der Waals surface area (Å²) in [6.07, 6.45) is 3.58. The van der Waals surface area contributed by atoms with E-state index in [2.05, 4.69) is 11.4 Å². The molecule has 0 aliphatic heterocycles. The second-order valence-corrected chi connectivity index (χ2v) is 6.31. The average molecular weight is 325 g/mol. The zero-order chi connectivity index (χ0) is 16.9. The van der Waals surface area contributed by atoms with Crippen LogP contribution >= 0.6 is 0 Å². The van der Waals surface area contributed by atoms with Gasteiger partial charge in [-0.25, -0.2) is 0 Å². The van der Waals surface area contributed by atoms with Gasteiger partial charge in [0.15, 0.2) is 6.61 Å². The van der Waals surface area contributed by atoms with E-state index < -0.39 is 0 Å². The highest BCUT2D eigenvalue weighted by Gasteiger charge is 2.12. The van der Waals surface area contributed by atoms with Gasteiger partial charge in [-0.05, 0) is 80.6 Å². The predicted octanol–water partition coefficient (Wildman–Crippen LogP) is 3.98. The summed E-state index contributed by atoms with van der Waals surface area (Å²) >= 11 is 0. The minimum absolute atomic E-state index is 0.00301. The number of nitrogens with one attached hydrogen (secondary N) is 1. The third kappa shape index (κ3) is 4.28. The molecule has 0 unspecified atom stereocenters. The number of carbonyl (C=O) groups is 1. The van der Waals surface area contributed by atoms with Gasteiger partial charge in [0.25, 0.3) is 5.91 Å². The molecule has 2 aromatic carbocycles. The molecule has 2 aromatic rings. The molecule has 3 rings (SSSR count). The number of hydrogen-bond donors (Lipinski definition) is 1. The Morgan fingerprint density at radius 2 is 1.75 bits per heavy atom. The fourth-order valence-electron chi connectivity index (χ4n) is 2.87. The van der Waals surface area contributed by atoms with Crippen molar-refractivity contribution in [2.24, 2.45) is 0 Å². The quantitative estimate of drug-likeness (QED) is 0.874. The zero-order valence-electron chi connectivity index (χ0n) is 14.2. The van der Waals surface area contributed by atoms with E-state index in [1.54, 1.807) is 0 Å². The molecule has 4 heteroatoms. The van der Waals surface area contributed by atoms with Crippen LogP contribution in [0.4, 0.5) is 5.69 Å². The Balaban J connectivity index is 1.50. The van der Waals surface area contributed by atoms with Gasteiger partial charge in [0, 0.05) is 5.69 Å². The number of anilines is 1. The van der Waals surface area contributed by atoms with Gasteiger partial charge >= 0.3 is 0 Å². The monoisotopic (exact) mass is 325 g/mol. The first-order valence-corrected chi connectivity index (χ1v) is 8.41. The van der Waals surface area contributed by atoms with Crippen molar-refractivity contribution >= 4 is 11.6 Å². The summed E-state index contributed by atoms with van der Waals surface area (Å²) in [6.45, 7) is 3.96. The number of ether oxygens (including phenoxy) is 2. The fraction of sp³-hybridized carbons (Fsp3) is 0.350. The summed E-state index contributed by atoms with van der Waals surface area (Å²) < 4.78 is 11.2. The molecule has 0 radical (unpaired) electrons. The average Bonchev–Trinajstić information content (AvgIpc) is 3.02. The Morgan fingerprint density at radius 3 is 2.50 bits per heavy atom. The smallest absolute Gasteiger partial charge is 0.262 e. The number of carbonyl (C=O) groups excluding carboxylic acids is 1. The van der Waals surface area contributed by atoms with E-state index in [-0.39, 0.29) is 18.6 Å². The topological polar surface area (TPSA) is 47.6 Å². The van der Waals surface area contributed by atoms with Crippen LogP contribution < -0.4 is 14.8 Å². The van der Waals surface area contributed by atoms with Crippen LogP contribution in [0.15, 0.2) is 42.5 Å². The maximum atomic E-state index is 12.0. The minimum atomic E-state index is -0.173. The van der Waals surface area contributed by atoms with Gasteiger partial charge < -0.3 is 14.8 Å². The lowest BCUT2D eigenvalue weighted by Gasteiger charge is -2.11. The molecule has 126 valence electrons. The molecule has 1 amide bonds. The highest BCUT2D eigenvalue weighted by Crippen LogP contribution is 2.26. The molecular formula is C20H23NO3. The standard InChI is InChI=1S/C20H23NO3/c1-14(2)24-18-10-7-17(8-11-18)21-20(22)13-23-19-9-6-15-4-3-5-16(15)12-19/h6-12,14H,3-5,13H2,1-2H3,(H,21,22). The Bertz CT molecular complexity index is 707. The molecule has 0 aromatic heterocycles. The third-order valence-electron chi connectivity index (χ3n) is 3.95. The van der Waals surface area contributed by atoms with Crippen molar-refractivity contribution in [2.45, 2.75) is 39.2 Å². The highest BCUT2D eigenvalue weighted by molar-refractivity contribution is 5.91. The normalized spacial score (nSPS) is 12.8. The Labute approximate surface area is 142 Å². The summed E-state index contributed by atoms with van der Waals surface area (Å²) in [5, 5.41) is 2.83. The van der Waals surface area contributed by atoms with Crippen LogP contribution in [-0.4, -0.2) is 18.6 Å². The van der Waals surface area contributed by atoms with Gasteiger partial charge in [-0.1, -0.05) is 6.07 Å². The molecule has 1 aliphatic rings. The largest absolute Gasteiger partial charge is 0.491 e. The van der Waals surface area contributed by atoms with Crippen LogP contribution in [0.3, 0.4) is 0 Å². The first kappa shape index (κ1) is 16.4. The SMILES string of the molecule is CC(C)Oc1ccc(NC(=O)COc2ccc3c(c2)CCC3)cc1. The van der Waals surface area contributed by atoms with Crippen LogP contribution in [0.5, 0.6) is 11.5 Å². The molecule has 0 fully saturated rings. The van der Waals surface area contributed by atoms with E-state index in [9.17, 15) is 4.79 Å². The summed E-state index contributed by atoms with van der Waals surface area (Å²) in [6, 6.07) is 13.4. The molecular weight excluding hydrogens is 302 g/mol. The van der Waals surface area contributed by atoms with Crippen molar-refractivity contribution in [3.05, 3.63) is 53.6 Å². The lowest BCUT2D eigenvalue weighted by molar-refractivity contribution is -0.118. The van der Waals surface area contributed by atoms with Crippen molar-refractivity contribution in [3.63, 3.8) is 0 Å². The van der Waals surface area contributed by atoms with Crippen molar-refractivity contribution < 1.29 is 14.3 Å². The maximum absolute atomic E-state index is 12.0. The van der Waals surface area contributed by atoms with Crippen LogP contribution in [0.2, 0.25) is 0 Å². The zero-order valence-corrected chi connectivity index (χ0v) is 14.2. The van der Waals surface area contributed by atoms with Crippen molar-refractivity contribution in [1.29, 1.82) is 0 Å². The van der Waals surface area contributed by atoms with Gasteiger partial charge in [0.2, 0.25) is 0 Å². The second kappa shape index (κ2) is 7.39. The first-order valence-electron chi connectivity index (χ1n) is 8.41. The van der Waals surface area contributed by atoms with Gasteiger partial charge in [-0.3, -0.25) is 4.79 Å². The van der Waals surface area contributed by atoms with Crippen LogP contribution in [-0.2, 0) is 17.6 Å². The van der Waals surface area contributed by atoms with Gasteiger partial charge in [0.05, 0.1) is 6.10 Å². The van der Waals surface area contributed by atoms with Crippen molar-refractivity contribution in [1.82, 2.24) is 0 Å². The lowest BCUT2D eigenvalue weighted by Crippen LogP contribution is -2.20. The molecule has 0 heterocycles. The van der Waals surface area contributed by atoms with Crippen LogP contribution in [0.25, 0.3) is 0 Å². The number of rotatable bonds is 6.